The number of aryl methyl sites for hydroxylation is 1. The molecule has 110 valence electrons. The van der Waals surface area contributed by atoms with E-state index >= 15 is 0 Å². The number of ether oxygens (including phenoxy) is 1. The van der Waals surface area contributed by atoms with Gasteiger partial charge in [0.15, 0.2) is 0 Å². The van der Waals surface area contributed by atoms with Crippen LogP contribution < -0.4 is 5.32 Å². The minimum absolute atomic E-state index is 0.280. The molecule has 0 unspecified atom stereocenters. The highest BCUT2D eigenvalue weighted by Gasteiger charge is 2.09. The zero-order chi connectivity index (χ0) is 15.4. The van der Waals surface area contributed by atoms with Crippen molar-refractivity contribution in [1.82, 2.24) is 0 Å². The average Bonchev–Trinajstić information content (AvgIpc) is 2.46. The minimum atomic E-state index is -0.389. The highest BCUT2D eigenvalue weighted by molar-refractivity contribution is 9.10. The van der Waals surface area contributed by atoms with Gasteiger partial charge in [0, 0.05) is 11.0 Å². The molecule has 0 aliphatic heterocycles. The monoisotopic (exact) mass is 351 g/mol. The van der Waals surface area contributed by atoms with Gasteiger partial charge in [0.05, 0.1) is 18.4 Å². The third-order valence-corrected chi connectivity index (χ3v) is 3.81. The van der Waals surface area contributed by atoms with Crippen molar-refractivity contribution in [3.63, 3.8) is 0 Å². The number of anilines is 1. The first-order valence-electron chi connectivity index (χ1n) is 6.38. The Morgan fingerprint density at radius 3 is 2.67 bits per heavy atom. The summed E-state index contributed by atoms with van der Waals surface area (Å²) in [6, 6.07) is 10.2. The van der Waals surface area contributed by atoms with Crippen molar-refractivity contribution in [2.75, 3.05) is 12.4 Å². The van der Waals surface area contributed by atoms with Gasteiger partial charge in [-0.1, -0.05) is 28.1 Å². The number of benzene rings is 2. The summed E-state index contributed by atoms with van der Waals surface area (Å²) in [7, 11) is 1.34. The first kappa shape index (κ1) is 15.5. The maximum Gasteiger partial charge on any atom is 0.337 e. The molecule has 0 aliphatic rings. The second-order valence-electron chi connectivity index (χ2n) is 4.63. The molecule has 0 saturated heterocycles. The van der Waals surface area contributed by atoms with Crippen molar-refractivity contribution in [2.45, 2.75) is 13.5 Å². The van der Waals surface area contributed by atoms with Crippen molar-refractivity contribution in [3.8, 4) is 0 Å². The molecule has 0 saturated carbocycles. The smallest absolute Gasteiger partial charge is 0.337 e. The van der Waals surface area contributed by atoms with Crippen LogP contribution in [0.2, 0.25) is 0 Å². The Hall–Kier alpha value is -1.88. The lowest BCUT2D eigenvalue weighted by Gasteiger charge is -2.10. The van der Waals surface area contributed by atoms with Crippen LogP contribution in [-0.2, 0) is 11.3 Å². The summed E-state index contributed by atoms with van der Waals surface area (Å²) in [5.74, 6) is -0.669. The van der Waals surface area contributed by atoms with Crippen LogP contribution in [0.1, 0.15) is 21.5 Å². The van der Waals surface area contributed by atoms with E-state index in [1.54, 1.807) is 24.3 Å². The van der Waals surface area contributed by atoms with Crippen molar-refractivity contribution >= 4 is 27.6 Å². The zero-order valence-electron chi connectivity index (χ0n) is 11.7. The standard InChI is InChI=1S/C16H15BrFNO2/c1-10-3-6-15(14(18)7-10)19-9-12-5-4-11(8-13(12)17)16(20)21-2/h3-8,19H,9H2,1-2H3. The molecule has 0 amide bonds. The maximum absolute atomic E-state index is 13.7. The Morgan fingerprint density at radius 1 is 1.29 bits per heavy atom. The highest BCUT2D eigenvalue weighted by atomic mass is 79.9. The molecule has 2 aromatic rings. The van der Waals surface area contributed by atoms with Gasteiger partial charge in [-0.3, -0.25) is 0 Å². The van der Waals surface area contributed by atoms with Gasteiger partial charge in [-0.25, -0.2) is 9.18 Å². The van der Waals surface area contributed by atoms with E-state index in [1.807, 2.05) is 13.0 Å². The first-order valence-corrected chi connectivity index (χ1v) is 7.17. The van der Waals surface area contributed by atoms with Crippen LogP contribution in [0.15, 0.2) is 40.9 Å². The number of carbonyl (C=O) groups is 1. The molecule has 0 bridgehead atoms. The molecule has 0 radical (unpaired) electrons. The van der Waals surface area contributed by atoms with Crippen LogP contribution in [0.5, 0.6) is 0 Å². The third kappa shape index (κ3) is 3.82. The Bertz CT molecular complexity index is 673. The second kappa shape index (κ2) is 6.72. The summed E-state index contributed by atoms with van der Waals surface area (Å²) >= 11 is 3.41. The third-order valence-electron chi connectivity index (χ3n) is 3.07. The molecule has 0 aliphatic carbocycles. The van der Waals surface area contributed by atoms with Crippen LogP contribution in [-0.4, -0.2) is 13.1 Å². The summed E-state index contributed by atoms with van der Waals surface area (Å²) < 4.78 is 19.2. The summed E-state index contributed by atoms with van der Waals surface area (Å²) in [4.78, 5) is 11.4. The Morgan fingerprint density at radius 2 is 2.05 bits per heavy atom. The summed E-state index contributed by atoms with van der Waals surface area (Å²) in [5, 5.41) is 3.04. The number of methoxy groups -OCH3 is 1. The van der Waals surface area contributed by atoms with Crippen molar-refractivity contribution in [3.05, 3.63) is 63.4 Å². The summed E-state index contributed by atoms with van der Waals surface area (Å²) in [6.07, 6.45) is 0. The number of hydrogen-bond donors (Lipinski definition) is 1. The number of hydrogen-bond acceptors (Lipinski definition) is 3. The van der Waals surface area contributed by atoms with Crippen molar-refractivity contribution in [1.29, 1.82) is 0 Å². The van der Waals surface area contributed by atoms with Gasteiger partial charge in [-0.2, -0.15) is 0 Å². The lowest BCUT2D eigenvalue weighted by atomic mass is 10.1. The summed E-state index contributed by atoms with van der Waals surface area (Å²) in [6.45, 7) is 2.29. The molecular formula is C16H15BrFNO2. The molecule has 0 aromatic heterocycles. The predicted octanol–water partition coefficient (Wildman–Crippen LogP) is 4.30. The van der Waals surface area contributed by atoms with Crippen molar-refractivity contribution in [2.24, 2.45) is 0 Å². The molecule has 0 fully saturated rings. The quantitative estimate of drug-likeness (QED) is 0.834. The molecule has 0 heterocycles. The SMILES string of the molecule is COC(=O)c1ccc(CNc2ccc(C)cc2F)c(Br)c1. The van der Waals surface area contributed by atoms with E-state index in [1.165, 1.54) is 13.2 Å². The minimum Gasteiger partial charge on any atom is -0.465 e. The fraction of sp³-hybridized carbons (Fsp3) is 0.188. The number of esters is 1. The normalized spacial score (nSPS) is 10.3. The zero-order valence-corrected chi connectivity index (χ0v) is 13.3. The lowest BCUT2D eigenvalue weighted by Crippen LogP contribution is -2.05. The fourth-order valence-corrected chi connectivity index (χ4v) is 2.41. The van der Waals surface area contributed by atoms with Gasteiger partial charge < -0.3 is 10.1 Å². The molecule has 0 spiro atoms. The lowest BCUT2D eigenvalue weighted by molar-refractivity contribution is 0.0600. The number of halogens is 2. The van der Waals surface area contributed by atoms with Gasteiger partial charge in [-0.15, -0.1) is 0 Å². The van der Waals surface area contributed by atoms with E-state index in [4.69, 9.17) is 0 Å². The molecule has 2 rings (SSSR count). The van der Waals surface area contributed by atoms with E-state index in [0.29, 0.717) is 17.8 Å². The highest BCUT2D eigenvalue weighted by Crippen LogP contribution is 2.22. The maximum atomic E-state index is 13.7. The molecule has 3 nitrogen and oxygen atoms in total. The van der Waals surface area contributed by atoms with Crippen LogP contribution in [0, 0.1) is 12.7 Å². The molecular weight excluding hydrogens is 337 g/mol. The molecule has 0 atom stereocenters. The van der Waals surface area contributed by atoms with Crippen molar-refractivity contribution < 1.29 is 13.9 Å². The van der Waals surface area contributed by atoms with E-state index in [2.05, 4.69) is 26.0 Å². The summed E-state index contributed by atoms with van der Waals surface area (Å²) in [5.41, 5.74) is 2.71. The van der Waals surface area contributed by atoms with Gasteiger partial charge >= 0.3 is 5.97 Å². The average molecular weight is 352 g/mol. The van der Waals surface area contributed by atoms with Crippen LogP contribution in [0.4, 0.5) is 10.1 Å². The van der Waals surface area contributed by atoms with Crippen LogP contribution in [0.25, 0.3) is 0 Å². The fourth-order valence-electron chi connectivity index (χ4n) is 1.89. The van der Waals surface area contributed by atoms with Gasteiger partial charge in [-0.05, 0) is 42.3 Å². The molecule has 2 aromatic carbocycles. The van der Waals surface area contributed by atoms with E-state index in [9.17, 15) is 9.18 Å². The van der Waals surface area contributed by atoms with Crippen LogP contribution in [0.3, 0.4) is 0 Å². The number of rotatable bonds is 4. The van der Waals surface area contributed by atoms with Gasteiger partial charge in [0.2, 0.25) is 0 Å². The molecule has 21 heavy (non-hydrogen) atoms. The van der Waals surface area contributed by atoms with E-state index in [0.717, 1.165) is 15.6 Å². The van der Waals surface area contributed by atoms with Crippen LogP contribution >= 0.6 is 15.9 Å². The Labute approximate surface area is 131 Å². The largest absolute Gasteiger partial charge is 0.465 e. The van der Waals surface area contributed by atoms with Gasteiger partial charge in [0.1, 0.15) is 5.82 Å². The van der Waals surface area contributed by atoms with Gasteiger partial charge in [0.25, 0.3) is 0 Å². The first-order chi connectivity index (χ1) is 10.0. The Kier molecular flexibility index (Phi) is 4.96. The topological polar surface area (TPSA) is 38.3 Å². The number of nitrogens with one attached hydrogen (secondary N) is 1. The van der Waals surface area contributed by atoms with E-state index in [-0.39, 0.29) is 11.8 Å². The predicted molar refractivity (Wildman–Crippen MR) is 83.9 cm³/mol. The Balaban J connectivity index is 2.11. The second-order valence-corrected chi connectivity index (χ2v) is 5.49. The molecule has 5 heteroatoms. The number of carbonyl (C=O) groups excluding carboxylic acids is 1. The van der Waals surface area contributed by atoms with E-state index < -0.39 is 0 Å². The molecule has 1 N–H and O–H groups in total.